The van der Waals surface area contributed by atoms with Crippen molar-refractivity contribution in [2.24, 2.45) is 0 Å². The number of aromatic carboxylic acids is 1. The molecule has 0 aliphatic carbocycles. The molecule has 0 amide bonds. The first kappa shape index (κ1) is 18.7. The van der Waals surface area contributed by atoms with Gasteiger partial charge in [-0.3, -0.25) is 0 Å². The van der Waals surface area contributed by atoms with Gasteiger partial charge >= 0.3 is 5.97 Å². The summed E-state index contributed by atoms with van der Waals surface area (Å²) < 4.78 is 0. The van der Waals surface area contributed by atoms with E-state index in [2.05, 4.69) is 21.4 Å². The number of hydrogen-bond acceptors (Lipinski definition) is 6. The Morgan fingerprint density at radius 1 is 1.12 bits per heavy atom. The fraction of sp³-hybridized carbons (Fsp3) is 0. The molecule has 1 heterocycles. The molecule has 3 rings (SSSR count). The number of nitriles is 1. The lowest BCUT2D eigenvalue weighted by Crippen LogP contribution is -2.03. The number of nitrogens with two attached hydrogens (primary N) is 1. The fourth-order valence-corrected chi connectivity index (χ4v) is 2.30. The number of halogens is 1. The van der Waals surface area contributed by atoms with Crippen LogP contribution in [0, 0.1) is 11.3 Å². The van der Waals surface area contributed by atoms with Gasteiger partial charge in [0, 0.05) is 23.0 Å². The summed E-state index contributed by atoms with van der Waals surface area (Å²) in [5.74, 6) is -0.478. The minimum atomic E-state index is -0.993. The summed E-state index contributed by atoms with van der Waals surface area (Å²) in [6, 6.07) is 15.4. The quantitative estimate of drug-likeness (QED) is 0.644. The van der Waals surface area contributed by atoms with Crippen LogP contribution in [-0.2, 0) is 0 Å². The third-order valence-corrected chi connectivity index (χ3v) is 3.54. The topological polar surface area (TPSA) is 125 Å². The second-order valence-corrected chi connectivity index (χ2v) is 5.16. The van der Waals surface area contributed by atoms with E-state index >= 15 is 0 Å². The summed E-state index contributed by atoms with van der Waals surface area (Å²) in [5.41, 5.74) is 8.57. The van der Waals surface area contributed by atoms with E-state index in [0.29, 0.717) is 22.4 Å². The minimum absolute atomic E-state index is 0. The molecule has 0 saturated heterocycles. The minimum Gasteiger partial charge on any atom is -0.478 e. The number of aromatic nitrogens is 2. The summed E-state index contributed by atoms with van der Waals surface area (Å²) >= 11 is 0. The van der Waals surface area contributed by atoms with Crippen LogP contribution in [0.4, 0.5) is 17.5 Å². The number of carboxylic acids is 1. The van der Waals surface area contributed by atoms with Gasteiger partial charge in [0.1, 0.15) is 5.82 Å². The smallest absolute Gasteiger partial charge is 0.335 e. The number of benzene rings is 2. The fourth-order valence-electron chi connectivity index (χ4n) is 2.30. The monoisotopic (exact) mass is 367 g/mol. The number of nitrogens with one attached hydrogen (secondary N) is 1. The van der Waals surface area contributed by atoms with Crippen LogP contribution in [0.5, 0.6) is 0 Å². The van der Waals surface area contributed by atoms with E-state index in [0.717, 1.165) is 0 Å². The van der Waals surface area contributed by atoms with Crippen LogP contribution in [0.3, 0.4) is 0 Å². The zero-order chi connectivity index (χ0) is 17.8. The molecule has 2 aromatic carbocycles. The zero-order valence-corrected chi connectivity index (χ0v) is 14.2. The van der Waals surface area contributed by atoms with E-state index in [1.807, 2.05) is 6.07 Å². The van der Waals surface area contributed by atoms with E-state index in [1.54, 1.807) is 36.5 Å². The van der Waals surface area contributed by atoms with Crippen molar-refractivity contribution in [1.29, 1.82) is 5.26 Å². The Labute approximate surface area is 155 Å². The van der Waals surface area contributed by atoms with Crippen LogP contribution < -0.4 is 11.1 Å². The Morgan fingerprint density at radius 2 is 1.81 bits per heavy atom. The van der Waals surface area contributed by atoms with Crippen LogP contribution in [0.2, 0.25) is 0 Å². The average Bonchev–Trinajstić information content (AvgIpc) is 2.62. The summed E-state index contributed by atoms with van der Waals surface area (Å²) in [5, 5.41) is 21.1. The SMILES string of the molecule is Cl.N#Cc1ccccc1-c1cnc(Nc2ccc(C(=O)O)cc2)nc1N. The Balaban J connectivity index is 0.00000243. The number of hydrogen-bond donors (Lipinski definition) is 3. The molecule has 0 fully saturated rings. The van der Waals surface area contributed by atoms with Gasteiger partial charge in [-0.1, -0.05) is 18.2 Å². The number of rotatable bonds is 4. The molecule has 8 heteroatoms. The van der Waals surface area contributed by atoms with Gasteiger partial charge in [-0.05, 0) is 30.3 Å². The van der Waals surface area contributed by atoms with Gasteiger partial charge in [-0.25, -0.2) is 9.78 Å². The van der Waals surface area contributed by atoms with Crippen LogP contribution in [0.25, 0.3) is 11.1 Å². The van der Waals surface area contributed by atoms with E-state index < -0.39 is 5.97 Å². The predicted molar refractivity (Wildman–Crippen MR) is 101 cm³/mol. The number of carbonyl (C=O) groups is 1. The zero-order valence-electron chi connectivity index (χ0n) is 13.4. The van der Waals surface area contributed by atoms with Crippen molar-refractivity contribution in [3.63, 3.8) is 0 Å². The molecule has 0 saturated carbocycles. The van der Waals surface area contributed by atoms with Crippen LogP contribution in [-0.4, -0.2) is 21.0 Å². The van der Waals surface area contributed by atoms with Gasteiger partial charge in [-0.15, -0.1) is 12.4 Å². The molecule has 0 spiro atoms. The van der Waals surface area contributed by atoms with E-state index in [1.165, 1.54) is 12.1 Å². The second kappa shape index (κ2) is 7.96. The van der Waals surface area contributed by atoms with Crippen molar-refractivity contribution < 1.29 is 9.90 Å². The third kappa shape index (κ3) is 3.88. The maximum Gasteiger partial charge on any atom is 0.335 e. The molecule has 0 bridgehead atoms. The molecule has 0 aliphatic rings. The largest absolute Gasteiger partial charge is 0.478 e. The van der Waals surface area contributed by atoms with Gasteiger partial charge < -0.3 is 16.2 Å². The van der Waals surface area contributed by atoms with Crippen molar-refractivity contribution in [1.82, 2.24) is 9.97 Å². The molecule has 0 atom stereocenters. The van der Waals surface area contributed by atoms with Crippen molar-refractivity contribution in [3.8, 4) is 17.2 Å². The lowest BCUT2D eigenvalue weighted by molar-refractivity contribution is 0.0697. The average molecular weight is 368 g/mol. The van der Waals surface area contributed by atoms with Crippen molar-refractivity contribution in [2.45, 2.75) is 0 Å². The number of carboxylic acid groups (broad SMARTS) is 1. The van der Waals surface area contributed by atoms with Crippen LogP contribution >= 0.6 is 12.4 Å². The van der Waals surface area contributed by atoms with Gasteiger partial charge in [0.25, 0.3) is 0 Å². The van der Waals surface area contributed by atoms with E-state index in [9.17, 15) is 10.1 Å². The predicted octanol–water partition coefficient (Wildman–Crippen LogP) is 3.46. The highest BCUT2D eigenvalue weighted by Crippen LogP contribution is 2.28. The summed E-state index contributed by atoms with van der Waals surface area (Å²) in [6.07, 6.45) is 1.55. The maximum absolute atomic E-state index is 10.9. The van der Waals surface area contributed by atoms with Gasteiger partial charge in [0.2, 0.25) is 5.95 Å². The number of nitrogen functional groups attached to an aromatic ring is 1. The number of anilines is 3. The first-order valence-corrected chi connectivity index (χ1v) is 7.31. The Kier molecular flexibility index (Phi) is 5.73. The molecule has 1 aromatic heterocycles. The molecular formula is C18H14ClN5O2. The highest BCUT2D eigenvalue weighted by molar-refractivity contribution is 5.88. The first-order valence-electron chi connectivity index (χ1n) is 7.31. The maximum atomic E-state index is 10.9. The lowest BCUT2D eigenvalue weighted by atomic mass is 10.0. The second-order valence-electron chi connectivity index (χ2n) is 5.16. The number of nitrogens with zero attached hydrogens (tertiary/aromatic N) is 3. The highest BCUT2D eigenvalue weighted by atomic mass is 35.5. The standard InChI is InChI=1S/C18H13N5O2.ClH/c19-9-12-3-1-2-4-14(12)15-10-21-18(23-16(15)20)22-13-7-5-11(6-8-13)17(24)25;/h1-8,10H,(H,24,25)(H3,20,21,22,23);1H. The van der Waals surface area contributed by atoms with Crippen LogP contribution in [0.1, 0.15) is 15.9 Å². The van der Waals surface area contributed by atoms with E-state index in [-0.39, 0.29) is 29.7 Å². The highest BCUT2D eigenvalue weighted by Gasteiger charge is 2.11. The van der Waals surface area contributed by atoms with Gasteiger partial charge in [0.05, 0.1) is 17.2 Å². The molecule has 4 N–H and O–H groups in total. The van der Waals surface area contributed by atoms with Gasteiger partial charge in [-0.2, -0.15) is 10.2 Å². The van der Waals surface area contributed by atoms with Gasteiger partial charge in [0.15, 0.2) is 0 Å². The molecular weight excluding hydrogens is 354 g/mol. The van der Waals surface area contributed by atoms with Crippen molar-refractivity contribution >= 4 is 35.8 Å². The molecule has 26 heavy (non-hydrogen) atoms. The normalized spacial score (nSPS) is 9.65. The molecule has 0 aliphatic heterocycles. The molecule has 0 radical (unpaired) electrons. The summed E-state index contributed by atoms with van der Waals surface area (Å²) in [6.45, 7) is 0. The molecule has 130 valence electrons. The summed E-state index contributed by atoms with van der Waals surface area (Å²) in [7, 11) is 0. The lowest BCUT2D eigenvalue weighted by Gasteiger charge is -2.09. The molecule has 7 nitrogen and oxygen atoms in total. The molecule has 3 aromatic rings. The van der Waals surface area contributed by atoms with Crippen molar-refractivity contribution in [3.05, 3.63) is 65.9 Å². The molecule has 0 unspecified atom stereocenters. The first-order chi connectivity index (χ1) is 12.1. The van der Waals surface area contributed by atoms with E-state index in [4.69, 9.17) is 10.8 Å². The van der Waals surface area contributed by atoms with Crippen molar-refractivity contribution in [2.75, 3.05) is 11.1 Å². The Bertz CT molecular complexity index is 984. The Morgan fingerprint density at radius 3 is 2.42 bits per heavy atom. The third-order valence-electron chi connectivity index (χ3n) is 3.54. The summed E-state index contributed by atoms with van der Waals surface area (Å²) in [4.78, 5) is 19.3. The Hall–Kier alpha value is -3.63. The van der Waals surface area contributed by atoms with Crippen LogP contribution in [0.15, 0.2) is 54.7 Å².